The third-order valence-electron chi connectivity index (χ3n) is 9.11. The number of azo groups is 2. The fourth-order valence-electron chi connectivity index (χ4n) is 6.15. The SMILES string of the molecule is CC.CCCOc1ccc(N=Nc2ccc(N=Nc3ccc(Sc4ccc(-c5ccc(C6CCC(CC)CC6)cc5)cc4)cc3)cc2)c(C)c1. The van der Waals surface area contributed by atoms with Gasteiger partial charge in [0.2, 0.25) is 0 Å². The zero-order chi connectivity index (χ0) is 35.1. The molecule has 5 nitrogen and oxygen atoms in total. The molecule has 0 N–H and O–H groups in total. The number of aryl methyl sites for hydroxylation is 1. The minimum absolute atomic E-state index is 0.708. The molecular formula is C44H50N4OS. The molecule has 1 aliphatic rings. The number of benzene rings is 5. The van der Waals surface area contributed by atoms with Crippen LogP contribution in [0.15, 0.2) is 146 Å². The van der Waals surface area contributed by atoms with Crippen LogP contribution in [-0.4, -0.2) is 6.61 Å². The van der Waals surface area contributed by atoms with Crippen molar-refractivity contribution in [3.05, 3.63) is 126 Å². The number of hydrogen-bond donors (Lipinski definition) is 0. The quantitative estimate of drug-likeness (QED) is 0.123. The molecule has 1 saturated carbocycles. The van der Waals surface area contributed by atoms with Crippen LogP contribution < -0.4 is 4.74 Å². The lowest BCUT2D eigenvalue weighted by Crippen LogP contribution is -2.12. The molecule has 5 aromatic carbocycles. The van der Waals surface area contributed by atoms with Crippen molar-refractivity contribution in [1.29, 1.82) is 0 Å². The summed E-state index contributed by atoms with van der Waals surface area (Å²) >= 11 is 1.75. The lowest BCUT2D eigenvalue weighted by atomic mass is 9.77. The molecule has 0 aromatic heterocycles. The molecule has 0 spiro atoms. The van der Waals surface area contributed by atoms with Gasteiger partial charge in [0, 0.05) is 9.79 Å². The number of hydrogen-bond acceptors (Lipinski definition) is 6. The van der Waals surface area contributed by atoms with Gasteiger partial charge in [0.15, 0.2) is 0 Å². The van der Waals surface area contributed by atoms with Gasteiger partial charge in [-0.05, 0) is 152 Å². The van der Waals surface area contributed by atoms with E-state index < -0.39 is 0 Å². The second-order valence-electron chi connectivity index (χ2n) is 12.6. The third-order valence-corrected chi connectivity index (χ3v) is 10.1. The van der Waals surface area contributed by atoms with Crippen molar-refractivity contribution >= 4 is 34.5 Å². The van der Waals surface area contributed by atoms with Crippen molar-refractivity contribution in [2.45, 2.75) is 88.9 Å². The van der Waals surface area contributed by atoms with Crippen molar-refractivity contribution in [3.8, 4) is 16.9 Å². The van der Waals surface area contributed by atoms with Gasteiger partial charge >= 0.3 is 0 Å². The monoisotopic (exact) mass is 682 g/mol. The van der Waals surface area contributed by atoms with Gasteiger partial charge in [-0.3, -0.25) is 0 Å². The molecule has 50 heavy (non-hydrogen) atoms. The number of rotatable bonds is 12. The first-order valence-electron chi connectivity index (χ1n) is 18.2. The zero-order valence-corrected chi connectivity index (χ0v) is 31.0. The molecule has 258 valence electrons. The van der Waals surface area contributed by atoms with Crippen LogP contribution in [0.2, 0.25) is 0 Å². The minimum Gasteiger partial charge on any atom is -0.494 e. The first-order chi connectivity index (χ1) is 24.6. The van der Waals surface area contributed by atoms with Gasteiger partial charge in [0.05, 0.1) is 29.4 Å². The predicted molar refractivity (Wildman–Crippen MR) is 211 cm³/mol. The van der Waals surface area contributed by atoms with Gasteiger partial charge in [0.25, 0.3) is 0 Å². The molecule has 1 fully saturated rings. The summed E-state index contributed by atoms with van der Waals surface area (Å²) in [6.07, 6.45) is 7.74. The molecule has 0 heterocycles. The van der Waals surface area contributed by atoms with Crippen molar-refractivity contribution in [2.75, 3.05) is 6.61 Å². The average molecular weight is 683 g/mol. The van der Waals surface area contributed by atoms with Gasteiger partial charge in [0.1, 0.15) is 5.75 Å². The Hall–Kier alpha value is -4.55. The molecule has 1 aliphatic carbocycles. The maximum absolute atomic E-state index is 5.69. The van der Waals surface area contributed by atoms with Crippen molar-refractivity contribution in [2.24, 2.45) is 26.4 Å². The van der Waals surface area contributed by atoms with E-state index in [1.54, 1.807) is 11.8 Å². The van der Waals surface area contributed by atoms with Crippen LogP contribution in [0.5, 0.6) is 5.75 Å². The largest absolute Gasteiger partial charge is 0.494 e. The van der Waals surface area contributed by atoms with Crippen LogP contribution in [0.1, 0.15) is 83.3 Å². The van der Waals surface area contributed by atoms with Crippen molar-refractivity contribution < 1.29 is 4.74 Å². The fraction of sp³-hybridized carbons (Fsp3) is 0.318. The Morgan fingerprint density at radius 1 is 0.600 bits per heavy atom. The molecule has 6 heteroatoms. The maximum Gasteiger partial charge on any atom is 0.119 e. The second kappa shape index (κ2) is 19.0. The highest BCUT2D eigenvalue weighted by Gasteiger charge is 2.21. The fourth-order valence-corrected chi connectivity index (χ4v) is 6.96. The number of nitrogens with zero attached hydrogens (tertiary/aromatic N) is 4. The molecule has 0 radical (unpaired) electrons. The van der Waals surface area contributed by atoms with Gasteiger partial charge < -0.3 is 4.74 Å². The van der Waals surface area contributed by atoms with E-state index >= 15 is 0 Å². The van der Waals surface area contributed by atoms with Gasteiger partial charge in [-0.2, -0.15) is 20.5 Å². The highest BCUT2D eigenvalue weighted by atomic mass is 32.2. The summed E-state index contributed by atoms with van der Waals surface area (Å²) in [6.45, 7) is 11.1. The van der Waals surface area contributed by atoms with Crippen LogP contribution in [-0.2, 0) is 0 Å². The summed E-state index contributed by atoms with van der Waals surface area (Å²) in [6, 6.07) is 39.8. The Bertz CT molecular complexity index is 1810. The molecule has 0 unspecified atom stereocenters. The molecule has 0 bridgehead atoms. The summed E-state index contributed by atoms with van der Waals surface area (Å²) in [5, 5.41) is 17.6. The smallest absolute Gasteiger partial charge is 0.119 e. The lowest BCUT2D eigenvalue weighted by Gasteiger charge is -2.28. The first kappa shape index (κ1) is 36.7. The van der Waals surface area contributed by atoms with E-state index in [4.69, 9.17) is 4.74 Å². The summed E-state index contributed by atoms with van der Waals surface area (Å²) in [7, 11) is 0. The zero-order valence-electron chi connectivity index (χ0n) is 30.2. The minimum atomic E-state index is 0.708. The van der Waals surface area contributed by atoms with E-state index in [2.05, 4.69) is 95.0 Å². The molecular weight excluding hydrogens is 633 g/mol. The maximum atomic E-state index is 5.69. The second-order valence-corrected chi connectivity index (χ2v) is 13.7. The molecule has 0 amide bonds. The Kier molecular flexibility index (Phi) is 14.0. The van der Waals surface area contributed by atoms with E-state index in [9.17, 15) is 0 Å². The molecule has 0 atom stereocenters. The summed E-state index contributed by atoms with van der Waals surface area (Å²) in [4.78, 5) is 2.37. The molecule has 0 saturated heterocycles. The van der Waals surface area contributed by atoms with Crippen LogP contribution >= 0.6 is 11.8 Å². The Labute approximate surface area is 303 Å². The highest BCUT2D eigenvalue weighted by Crippen LogP contribution is 2.38. The Morgan fingerprint density at radius 2 is 1.10 bits per heavy atom. The number of ether oxygens (including phenoxy) is 1. The lowest BCUT2D eigenvalue weighted by molar-refractivity contribution is 0.317. The standard InChI is InChI=1S/C42H44N4OS.C2H6/c1-4-28-47-39-22-27-42(30(3)29-39)46-45-37-18-16-36(17-19-37)43-44-38-20-25-41(26-21-38)48-40-23-14-35(15-24-40)34-12-10-33(11-13-34)32-8-6-31(5-2)7-9-32;1-2/h10-27,29,31-32H,4-9,28H2,1-3H3;1-2H3. The third kappa shape index (κ3) is 10.5. The van der Waals surface area contributed by atoms with Crippen molar-refractivity contribution in [1.82, 2.24) is 0 Å². The van der Waals surface area contributed by atoms with Crippen LogP contribution in [0.25, 0.3) is 11.1 Å². The van der Waals surface area contributed by atoms with E-state index in [1.807, 2.05) is 75.4 Å². The summed E-state index contributed by atoms with van der Waals surface area (Å²) < 4.78 is 5.69. The van der Waals surface area contributed by atoms with E-state index in [1.165, 1.54) is 53.7 Å². The summed E-state index contributed by atoms with van der Waals surface area (Å²) in [5.41, 5.74) is 8.21. The molecule has 0 aliphatic heterocycles. The van der Waals surface area contributed by atoms with Crippen LogP contribution in [0.4, 0.5) is 22.7 Å². The molecule has 5 aromatic rings. The predicted octanol–water partition coefficient (Wildman–Crippen LogP) is 15.1. The average Bonchev–Trinajstić information content (AvgIpc) is 3.18. The van der Waals surface area contributed by atoms with Gasteiger partial charge in [-0.1, -0.05) is 82.3 Å². The van der Waals surface area contributed by atoms with E-state index in [-0.39, 0.29) is 0 Å². The first-order valence-corrected chi connectivity index (χ1v) is 19.0. The molecule has 6 rings (SSSR count). The van der Waals surface area contributed by atoms with Crippen molar-refractivity contribution in [3.63, 3.8) is 0 Å². The normalized spacial score (nSPS) is 15.9. The van der Waals surface area contributed by atoms with E-state index in [0.717, 1.165) is 57.2 Å². The Balaban J connectivity index is 0.00000239. The van der Waals surface area contributed by atoms with Gasteiger partial charge in [-0.15, -0.1) is 0 Å². The Morgan fingerprint density at radius 3 is 1.62 bits per heavy atom. The topological polar surface area (TPSA) is 58.7 Å². The van der Waals surface area contributed by atoms with Crippen LogP contribution in [0.3, 0.4) is 0 Å². The highest BCUT2D eigenvalue weighted by molar-refractivity contribution is 7.99. The van der Waals surface area contributed by atoms with Crippen LogP contribution in [0, 0.1) is 12.8 Å². The van der Waals surface area contributed by atoms with E-state index in [0.29, 0.717) is 6.61 Å². The van der Waals surface area contributed by atoms with Gasteiger partial charge in [-0.25, -0.2) is 0 Å². The summed E-state index contributed by atoms with van der Waals surface area (Å²) in [5.74, 6) is 2.53.